The van der Waals surface area contributed by atoms with Gasteiger partial charge in [0.1, 0.15) is 11.4 Å². The molecular weight excluding hydrogens is 340 g/mol. The Morgan fingerprint density at radius 1 is 0.963 bits per heavy atom. The Labute approximate surface area is 159 Å². The highest BCUT2D eigenvalue weighted by Gasteiger charge is 2.40. The molecule has 27 heavy (non-hydrogen) atoms. The van der Waals surface area contributed by atoms with Gasteiger partial charge in [0.2, 0.25) is 0 Å². The lowest BCUT2D eigenvalue weighted by Gasteiger charge is -2.19. The highest BCUT2D eigenvalue weighted by atomic mass is 16.5. The van der Waals surface area contributed by atoms with Gasteiger partial charge in [-0.2, -0.15) is 0 Å². The zero-order valence-electron chi connectivity index (χ0n) is 16.3. The molecule has 1 heterocycles. The van der Waals surface area contributed by atoms with Gasteiger partial charge in [0.05, 0.1) is 12.7 Å². The van der Waals surface area contributed by atoms with Crippen LogP contribution in [0.2, 0.25) is 0 Å². The molecule has 0 atom stereocenters. The largest absolute Gasteiger partial charge is 0.497 e. The molecule has 0 radical (unpaired) electrons. The second-order valence-corrected chi connectivity index (χ2v) is 7.00. The highest BCUT2D eigenvalue weighted by molar-refractivity contribution is 6.36. The van der Waals surface area contributed by atoms with E-state index in [1.54, 1.807) is 31.4 Å². The van der Waals surface area contributed by atoms with Gasteiger partial charge in [0.25, 0.3) is 11.8 Å². The van der Waals surface area contributed by atoms with E-state index in [1.165, 1.54) is 4.90 Å². The van der Waals surface area contributed by atoms with Gasteiger partial charge in [-0.15, -0.1) is 0 Å². The molecule has 140 valence electrons. The van der Waals surface area contributed by atoms with Crippen LogP contribution in [0, 0.1) is 13.8 Å². The van der Waals surface area contributed by atoms with Gasteiger partial charge in [-0.25, -0.2) is 0 Å². The van der Waals surface area contributed by atoms with Crippen molar-refractivity contribution in [3.8, 4) is 5.75 Å². The van der Waals surface area contributed by atoms with E-state index in [4.69, 9.17) is 4.74 Å². The predicted molar refractivity (Wildman–Crippen MR) is 106 cm³/mol. The molecule has 0 spiro atoms. The summed E-state index contributed by atoms with van der Waals surface area (Å²) in [6.07, 6.45) is 0. The number of methoxy groups -OCH3 is 1. The average Bonchev–Trinajstić information content (AvgIpc) is 2.87. The van der Waals surface area contributed by atoms with E-state index in [0.717, 1.165) is 16.8 Å². The third kappa shape index (κ3) is 3.45. The van der Waals surface area contributed by atoms with Crippen LogP contribution < -0.4 is 10.1 Å². The molecule has 0 fully saturated rings. The van der Waals surface area contributed by atoms with Gasteiger partial charge < -0.3 is 10.1 Å². The summed E-state index contributed by atoms with van der Waals surface area (Å²) in [5, 5.41) is 3.21. The molecule has 0 aromatic heterocycles. The summed E-state index contributed by atoms with van der Waals surface area (Å²) in [5.41, 5.74) is 4.35. The van der Waals surface area contributed by atoms with E-state index in [1.807, 2.05) is 45.9 Å². The standard InChI is InChI=1S/C22H24N2O3/c1-13(2)24-21(25)19(16-7-9-17(27-5)10-8-16)20(22(24)26)23-18-11-6-14(3)12-15(18)4/h6-13,23H,1-5H3. The molecule has 0 unspecified atom stereocenters. The zero-order chi connectivity index (χ0) is 19.7. The summed E-state index contributed by atoms with van der Waals surface area (Å²) in [4.78, 5) is 27.3. The Bertz CT molecular complexity index is 927. The molecule has 1 N–H and O–H groups in total. The Hall–Kier alpha value is -3.08. The number of anilines is 1. The van der Waals surface area contributed by atoms with Crippen LogP contribution in [0.15, 0.2) is 48.2 Å². The van der Waals surface area contributed by atoms with Crippen LogP contribution in [0.1, 0.15) is 30.5 Å². The molecule has 2 aromatic rings. The smallest absolute Gasteiger partial charge is 0.278 e. The van der Waals surface area contributed by atoms with E-state index in [0.29, 0.717) is 22.6 Å². The normalized spacial score (nSPS) is 14.4. The first-order valence-electron chi connectivity index (χ1n) is 8.94. The third-order valence-corrected chi connectivity index (χ3v) is 4.65. The van der Waals surface area contributed by atoms with Crippen molar-refractivity contribution in [2.24, 2.45) is 0 Å². The van der Waals surface area contributed by atoms with Gasteiger partial charge in [-0.05, 0) is 57.0 Å². The Morgan fingerprint density at radius 3 is 2.19 bits per heavy atom. The van der Waals surface area contributed by atoms with Crippen LogP contribution in [-0.2, 0) is 9.59 Å². The minimum Gasteiger partial charge on any atom is -0.497 e. The quantitative estimate of drug-likeness (QED) is 0.817. The lowest BCUT2D eigenvalue weighted by molar-refractivity contribution is -0.138. The van der Waals surface area contributed by atoms with E-state index in [2.05, 4.69) is 5.32 Å². The van der Waals surface area contributed by atoms with Crippen LogP contribution >= 0.6 is 0 Å². The number of imide groups is 1. The van der Waals surface area contributed by atoms with Crippen LogP contribution in [0.3, 0.4) is 0 Å². The van der Waals surface area contributed by atoms with Crippen molar-refractivity contribution >= 4 is 23.1 Å². The molecule has 1 aliphatic heterocycles. The predicted octanol–water partition coefficient (Wildman–Crippen LogP) is 3.91. The van der Waals surface area contributed by atoms with Gasteiger partial charge >= 0.3 is 0 Å². The number of nitrogens with zero attached hydrogens (tertiary/aromatic N) is 1. The Morgan fingerprint density at radius 2 is 1.63 bits per heavy atom. The molecule has 5 nitrogen and oxygen atoms in total. The fourth-order valence-corrected chi connectivity index (χ4v) is 3.25. The number of ether oxygens (including phenoxy) is 1. The number of amides is 2. The minimum atomic E-state index is -0.305. The number of benzene rings is 2. The molecule has 2 aromatic carbocycles. The topological polar surface area (TPSA) is 58.6 Å². The number of carbonyl (C=O) groups excluding carboxylic acids is 2. The summed E-state index contributed by atoms with van der Waals surface area (Å²) in [5.74, 6) is 0.106. The fourth-order valence-electron chi connectivity index (χ4n) is 3.25. The molecule has 0 saturated carbocycles. The first-order chi connectivity index (χ1) is 12.8. The van der Waals surface area contributed by atoms with Gasteiger partial charge in [0.15, 0.2) is 0 Å². The summed E-state index contributed by atoms with van der Waals surface area (Å²) < 4.78 is 5.19. The lowest BCUT2D eigenvalue weighted by Crippen LogP contribution is -2.38. The number of rotatable bonds is 5. The van der Waals surface area contributed by atoms with Gasteiger partial charge in [0, 0.05) is 11.7 Å². The Kier molecular flexibility index (Phi) is 5.04. The number of nitrogens with one attached hydrogen (secondary N) is 1. The minimum absolute atomic E-state index is 0.225. The van der Waals surface area contributed by atoms with Gasteiger partial charge in [-0.3, -0.25) is 14.5 Å². The van der Waals surface area contributed by atoms with Crippen molar-refractivity contribution in [2.75, 3.05) is 12.4 Å². The molecule has 0 bridgehead atoms. The van der Waals surface area contributed by atoms with Crippen LogP contribution in [0.4, 0.5) is 5.69 Å². The molecule has 0 saturated heterocycles. The van der Waals surface area contributed by atoms with Crippen molar-refractivity contribution in [2.45, 2.75) is 33.7 Å². The zero-order valence-corrected chi connectivity index (χ0v) is 16.3. The van der Waals surface area contributed by atoms with E-state index >= 15 is 0 Å². The first-order valence-corrected chi connectivity index (χ1v) is 8.94. The molecule has 0 aliphatic carbocycles. The van der Waals surface area contributed by atoms with Crippen molar-refractivity contribution in [1.29, 1.82) is 0 Å². The molecule has 5 heteroatoms. The van der Waals surface area contributed by atoms with Crippen molar-refractivity contribution in [1.82, 2.24) is 4.90 Å². The highest BCUT2D eigenvalue weighted by Crippen LogP contribution is 2.33. The van der Waals surface area contributed by atoms with E-state index in [9.17, 15) is 9.59 Å². The van der Waals surface area contributed by atoms with Crippen molar-refractivity contribution in [3.63, 3.8) is 0 Å². The van der Waals surface area contributed by atoms with Crippen molar-refractivity contribution in [3.05, 3.63) is 64.9 Å². The summed E-state index contributed by atoms with van der Waals surface area (Å²) in [6, 6.07) is 12.9. The summed E-state index contributed by atoms with van der Waals surface area (Å²) >= 11 is 0. The number of aryl methyl sites for hydroxylation is 2. The molecule has 1 aliphatic rings. The first kappa shape index (κ1) is 18.7. The lowest BCUT2D eigenvalue weighted by atomic mass is 10.0. The molecular formula is C22H24N2O3. The van der Waals surface area contributed by atoms with Crippen LogP contribution in [-0.4, -0.2) is 29.9 Å². The molecule has 3 rings (SSSR count). The monoisotopic (exact) mass is 364 g/mol. The SMILES string of the molecule is COc1ccc(C2=C(Nc3ccc(C)cc3C)C(=O)N(C(C)C)C2=O)cc1. The maximum atomic E-state index is 13.0. The summed E-state index contributed by atoms with van der Waals surface area (Å²) in [6.45, 7) is 7.66. The third-order valence-electron chi connectivity index (χ3n) is 4.65. The second kappa shape index (κ2) is 7.27. The van der Waals surface area contributed by atoms with Crippen molar-refractivity contribution < 1.29 is 14.3 Å². The number of hydrogen-bond donors (Lipinski definition) is 1. The summed E-state index contributed by atoms with van der Waals surface area (Å²) in [7, 11) is 1.59. The fraction of sp³-hybridized carbons (Fsp3) is 0.273. The van der Waals surface area contributed by atoms with E-state index < -0.39 is 0 Å². The second-order valence-electron chi connectivity index (χ2n) is 7.00. The molecule has 2 amide bonds. The van der Waals surface area contributed by atoms with E-state index in [-0.39, 0.29) is 17.9 Å². The van der Waals surface area contributed by atoms with Crippen LogP contribution in [0.25, 0.3) is 5.57 Å². The maximum absolute atomic E-state index is 13.0. The maximum Gasteiger partial charge on any atom is 0.278 e. The number of hydrogen-bond acceptors (Lipinski definition) is 4. The van der Waals surface area contributed by atoms with Crippen LogP contribution in [0.5, 0.6) is 5.75 Å². The van der Waals surface area contributed by atoms with Gasteiger partial charge in [-0.1, -0.05) is 29.8 Å². The Balaban J connectivity index is 2.10. The average molecular weight is 364 g/mol. The number of carbonyl (C=O) groups is 2.